The van der Waals surface area contributed by atoms with Crippen molar-refractivity contribution in [2.45, 2.75) is 18.7 Å². The third-order valence-corrected chi connectivity index (χ3v) is 3.96. The minimum absolute atomic E-state index is 0.0102. The molecule has 0 saturated heterocycles. The maximum absolute atomic E-state index is 12.7. The summed E-state index contributed by atoms with van der Waals surface area (Å²) < 4.78 is 39.1. The Morgan fingerprint density at radius 3 is 2.33 bits per heavy atom. The molecule has 1 aromatic heterocycles. The second-order valence-corrected chi connectivity index (χ2v) is 5.56. The van der Waals surface area contributed by atoms with Gasteiger partial charge in [0.15, 0.2) is 5.82 Å². The number of hydrogen-bond donors (Lipinski definition) is 2. The number of anilines is 1. The Bertz CT molecular complexity index is 662. The molecule has 0 aliphatic rings. The van der Waals surface area contributed by atoms with Crippen LogP contribution < -0.4 is 4.72 Å². The van der Waals surface area contributed by atoms with Gasteiger partial charge in [0.25, 0.3) is 10.0 Å². The quantitative estimate of drug-likeness (QED) is 0.894. The normalized spacial score (nSPS) is 11.5. The SMILES string of the molecule is Cc1[nH]nc(NS(=O)(=O)c2ccc(F)cc2)c1C. The van der Waals surface area contributed by atoms with Gasteiger partial charge in [-0.05, 0) is 38.1 Å². The lowest BCUT2D eigenvalue weighted by atomic mass is 10.3. The van der Waals surface area contributed by atoms with Gasteiger partial charge >= 0.3 is 0 Å². The maximum atomic E-state index is 12.7. The zero-order valence-electron chi connectivity index (χ0n) is 9.86. The highest BCUT2D eigenvalue weighted by atomic mass is 32.2. The van der Waals surface area contributed by atoms with Gasteiger partial charge in [0, 0.05) is 11.3 Å². The van der Waals surface area contributed by atoms with E-state index in [0.717, 1.165) is 23.4 Å². The lowest BCUT2D eigenvalue weighted by Gasteiger charge is -2.06. The van der Waals surface area contributed by atoms with Crippen LogP contribution in [0.5, 0.6) is 0 Å². The third-order valence-electron chi connectivity index (χ3n) is 2.61. The zero-order chi connectivity index (χ0) is 13.3. The Morgan fingerprint density at radius 2 is 1.83 bits per heavy atom. The Balaban J connectivity index is 2.33. The Labute approximate surface area is 104 Å². The largest absolute Gasteiger partial charge is 0.280 e. The number of hydrogen-bond acceptors (Lipinski definition) is 3. The molecule has 1 heterocycles. The summed E-state index contributed by atoms with van der Waals surface area (Å²) in [4.78, 5) is -0.0102. The summed E-state index contributed by atoms with van der Waals surface area (Å²) in [5.41, 5.74) is 1.51. The number of sulfonamides is 1. The van der Waals surface area contributed by atoms with E-state index in [1.807, 2.05) is 0 Å². The summed E-state index contributed by atoms with van der Waals surface area (Å²) in [6.07, 6.45) is 0. The molecule has 0 bridgehead atoms. The number of rotatable bonds is 3. The Morgan fingerprint density at radius 1 is 1.22 bits per heavy atom. The number of aromatic nitrogens is 2. The molecule has 0 spiro atoms. The van der Waals surface area contributed by atoms with Crippen LogP contribution in [0.25, 0.3) is 0 Å². The van der Waals surface area contributed by atoms with Crippen molar-refractivity contribution in [3.63, 3.8) is 0 Å². The second kappa shape index (κ2) is 4.41. The molecule has 2 rings (SSSR count). The van der Waals surface area contributed by atoms with E-state index >= 15 is 0 Å². The zero-order valence-corrected chi connectivity index (χ0v) is 10.7. The van der Waals surface area contributed by atoms with E-state index in [1.54, 1.807) is 13.8 Å². The molecule has 0 fully saturated rings. The monoisotopic (exact) mass is 269 g/mol. The van der Waals surface area contributed by atoms with Crippen LogP contribution in [-0.4, -0.2) is 18.6 Å². The number of H-pyrrole nitrogens is 1. The van der Waals surface area contributed by atoms with E-state index in [1.165, 1.54) is 12.1 Å². The first-order chi connectivity index (χ1) is 8.40. The van der Waals surface area contributed by atoms with Crippen LogP contribution in [0.1, 0.15) is 11.3 Å². The molecule has 0 unspecified atom stereocenters. The molecule has 0 aliphatic heterocycles. The molecule has 5 nitrogen and oxygen atoms in total. The van der Waals surface area contributed by atoms with Gasteiger partial charge in [0.2, 0.25) is 0 Å². The fourth-order valence-electron chi connectivity index (χ4n) is 1.38. The highest BCUT2D eigenvalue weighted by Gasteiger charge is 2.17. The van der Waals surface area contributed by atoms with Crippen molar-refractivity contribution in [3.8, 4) is 0 Å². The maximum Gasteiger partial charge on any atom is 0.263 e. The van der Waals surface area contributed by atoms with E-state index in [4.69, 9.17) is 0 Å². The predicted octanol–water partition coefficient (Wildman–Crippen LogP) is 1.97. The van der Waals surface area contributed by atoms with Crippen molar-refractivity contribution in [1.29, 1.82) is 0 Å². The smallest absolute Gasteiger partial charge is 0.263 e. The molecular weight excluding hydrogens is 257 g/mol. The van der Waals surface area contributed by atoms with Crippen molar-refractivity contribution in [2.75, 3.05) is 4.72 Å². The summed E-state index contributed by atoms with van der Waals surface area (Å²) >= 11 is 0. The van der Waals surface area contributed by atoms with Crippen molar-refractivity contribution in [1.82, 2.24) is 10.2 Å². The molecule has 2 N–H and O–H groups in total. The predicted molar refractivity (Wildman–Crippen MR) is 65.3 cm³/mol. The van der Waals surface area contributed by atoms with E-state index in [2.05, 4.69) is 14.9 Å². The van der Waals surface area contributed by atoms with Crippen molar-refractivity contribution in [2.24, 2.45) is 0 Å². The molecule has 2 aromatic rings. The Hall–Kier alpha value is -1.89. The van der Waals surface area contributed by atoms with Crippen LogP contribution in [0.4, 0.5) is 10.2 Å². The van der Waals surface area contributed by atoms with Gasteiger partial charge in [0.1, 0.15) is 5.82 Å². The molecule has 0 saturated carbocycles. The third kappa shape index (κ3) is 2.35. The number of aryl methyl sites for hydroxylation is 1. The summed E-state index contributed by atoms with van der Waals surface area (Å²) in [6.45, 7) is 3.54. The topological polar surface area (TPSA) is 74.8 Å². The summed E-state index contributed by atoms with van der Waals surface area (Å²) in [7, 11) is -3.74. The van der Waals surface area contributed by atoms with Gasteiger partial charge in [-0.3, -0.25) is 9.82 Å². The summed E-state index contributed by atoms with van der Waals surface area (Å²) in [5, 5.41) is 6.54. The molecule has 1 aromatic carbocycles. The van der Waals surface area contributed by atoms with Gasteiger partial charge in [-0.2, -0.15) is 5.10 Å². The number of aromatic amines is 1. The van der Waals surface area contributed by atoms with E-state index in [0.29, 0.717) is 0 Å². The first-order valence-corrected chi connectivity index (χ1v) is 6.68. The lowest BCUT2D eigenvalue weighted by molar-refractivity contribution is 0.599. The molecule has 0 aliphatic carbocycles. The van der Waals surface area contributed by atoms with Crippen molar-refractivity contribution in [3.05, 3.63) is 41.3 Å². The number of benzene rings is 1. The molecule has 0 radical (unpaired) electrons. The summed E-state index contributed by atoms with van der Waals surface area (Å²) in [5.74, 6) is -0.238. The number of nitrogens with one attached hydrogen (secondary N) is 2. The highest BCUT2D eigenvalue weighted by Crippen LogP contribution is 2.19. The van der Waals surface area contributed by atoms with Gasteiger partial charge < -0.3 is 0 Å². The number of nitrogens with zero attached hydrogens (tertiary/aromatic N) is 1. The van der Waals surface area contributed by atoms with Crippen LogP contribution >= 0.6 is 0 Å². The average Bonchev–Trinajstić information content (AvgIpc) is 2.61. The Kier molecular flexibility index (Phi) is 3.08. The lowest BCUT2D eigenvalue weighted by Crippen LogP contribution is -2.13. The second-order valence-electron chi connectivity index (χ2n) is 3.88. The van der Waals surface area contributed by atoms with E-state index < -0.39 is 15.8 Å². The molecule has 96 valence electrons. The molecule has 7 heteroatoms. The van der Waals surface area contributed by atoms with E-state index in [9.17, 15) is 12.8 Å². The van der Waals surface area contributed by atoms with Gasteiger partial charge in [0.05, 0.1) is 4.90 Å². The standard InChI is InChI=1S/C11H12FN3O2S/c1-7-8(2)13-14-11(7)15-18(16,17)10-5-3-9(12)4-6-10/h3-6H,1-2H3,(H2,13,14,15). The fourth-order valence-corrected chi connectivity index (χ4v) is 2.45. The van der Waals surface area contributed by atoms with Crippen molar-refractivity contribution >= 4 is 15.8 Å². The highest BCUT2D eigenvalue weighted by molar-refractivity contribution is 7.92. The molecule has 0 amide bonds. The van der Waals surface area contributed by atoms with Gasteiger partial charge in [-0.25, -0.2) is 12.8 Å². The minimum atomic E-state index is -3.74. The van der Waals surface area contributed by atoms with Crippen LogP contribution in [0, 0.1) is 19.7 Å². The fraction of sp³-hybridized carbons (Fsp3) is 0.182. The van der Waals surface area contributed by atoms with Crippen molar-refractivity contribution < 1.29 is 12.8 Å². The van der Waals surface area contributed by atoms with Crippen LogP contribution in [0.15, 0.2) is 29.2 Å². The summed E-state index contributed by atoms with van der Waals surface area (Å²) in [6, 6.07) is 4.59. The first-order valence-electron chi connectivity index (χ1n) is 5.20. The molecular formula is C11H12FN3O2S. The average molecular weight is 269 g/mol. The minimum Gasteiger partial charge on any atom is -0.280 e. The van der Waals surface area contributed by atoms with Gasteiger partial charge in [-0.15, -0.1) is 0 Å². The number of halogens is 1. The molecule has 0 atom stereocenters. The van der Waals surface area contributed by atoms with Gasteiger partial charge in [-0.1, -0.05) is 0 Å². The van der Waals surface area contributed by atoms with Crippen LogP contribution in [0.2, 0.25) is 0 Å². The van der Waals surface area contributed by atoms with Crippen LogP contribution in [0.3, 0.4) is 0 Å². The first kappa shape index (κ1) is 12.6. The molecule has 18 heavy (non-hydrogen) atoms. The van der Waals surface area contributed by atoms with Crippen LogP contribution in [-0.2, 0) is 10.0 Å². The van der Waals surface area contributed by atoms with E-state index in [-0.39, 0.29) is 10.7 Å².